The third-order valence-corrected chi connectivity index (χ3v) is 6.27. The zero-order chi connectivity index (χ0) is 17.6. The van der Waals surface area contributed by atoms with Crippen molar-refractivity contribution in [3.05, 3.63) is 16.1 Å². The maximum absolute atomic E-state index is 4.76. The minimum absolute atomic E-state index is 0.107. The summed E-state index contributed by atoms with van der Waals surface area (Å²) in [4.78, 5) is 9.50. The van der Waals surface area contributed by atoms with Crippen molar-refractivity contribution in [2.24, 2.45) is 4.99 Å². The van der Waals surface area contributed by atoms with E-state index >= 15 is 0 Å². The minimum atomic E-state index is 0.107. The van der Waals surface area contributed by atoms with Gasteiger partial charge in [-0.25, -0.2) is 9.98 Å². The minimum Gasteiger partial charge on any atom is -0.357 e. The summed E-state index contributed by atoms with van der Waals surface area (Å²) in [5, 5.41) is 11.0. The van der Waals surface area contributed by atoms with Crippen molar-refractivity contribution in [1.29, 1.82) is 0 Å². The van der Waals surface area contributed by atoms with Crippen LogP contribution in [0.5, 0.6) is 0 Å². The smallest absolute Gasteiger partial charge is 0.191 e. The van der Waals surface area contributed by atoms with Crippen LogP contribution in [0.4, 0.5) is 0 Å². The Hall–Kier alpha value is -0.750. The van der Waals surface area contributed by atoms with Gasteiger partial charge >= 0.3 is 0 Å². The van der Waals surface area contributed by atoms with Crippen LogP contribution in [0.1, 0.15) is 64.1 Å². The summed E-state index contributed by atoms with van der Waals surface area (Å²) in [5.74, 6) is 0.928. The summed E-state index contributed by atoms with van der Waals surface area (Å²) in [7, 11) is 0. The first-order chi connectivity index (χ1) is 11.4. The second-order valence-electron chi connectivity index (χ2n) is 7.44. The molecule has 0 saturated heterocycles. The molecule has 0 radical (unpaired) electrons. The number of hydrogen-bond donors (Lipinski definition) is 2. The highest BCUT2D eigenvalue weighted by molar-refractivity contribution is 7.99. The molecule has 0 bridgehead atoms. The van der Waals surface area contributed by atoms with Crippen LogP contribution in [-0.2, 0) is 12.0 Å². The molecule has 24 heavy (non-hydrogen) atoms. The summed E-state index contributed by atoms with van der Waals surface area (Å²) < 4.78 is 0. The monoisotopic (exact) mass is 368 g/mol. The highest BCUT2D eigenvalue weighted by atomic mass is 32.2. The molecule has 2 rings (SSSR count). The standard InChI is InChI=1S/C18H32N4S2/c1-6-19-17(21-13-8-7-9-14(10-13)23-5)20-11-16-22-15(12-24-16)18(2,3)4/h12-14H,6-11H2,1-5H3,(H2,19,20,21). The van der Waals surface area contributed by atoms with Gasteiger partial charge in [-0.1, -0.05) is 27.2 Å². The maximum Gasteiger partial charge on any atom is 0.191 e. The maximum atomic E-state index is 4.76. The van der Waals surface area contributed by atoms with E-state index in [4.69, 9.17) is 9.98 Å². The molecule has 1 heterocycles. The van der Waals surface area contributed by atoms with Gasteiger partial charge in [-0.15, -0.1) is 11.3 Å². The zero-order valence-electron chi connectivity index (χ0n) is 15.7. The fourth-order valence-electron chi connectivity index (χ4n) is 2.88. The molecule has 1 saturated carbocycles. The molecule has 1 aliphatic rings. The van der Waals surface area contributed by atoms with Gasteiger partial charge in [0, 0.05) is 28.6 Å². The molecular weight excluding hydrogens is 336 g/mol. The predicted molar refractivity (Wildman–Crippen MR) is 108 cm³/mol. The van der Waals surface area contributed by atoms with E-state index in [9.17, 15) is 0 Å². The van der Waals surface area contributed by atoms with Gasteiger partial charge in [-0.3, -0.25) is 0 Å². The molecule has 1 aromatic heterocycles. The van der Waals surface area contributed by atoms with Crippen molar-refractivity contribution in [2.75, 3.05) is 12.8 Å². The summed E-state index contributed by atoms with van der Waals surface area (Å²) in [6.45, 7) is 10.2. The third-order valence-electron chi connectivity index (χ3n) is 4.34. The summed E-state index contributed by atoms with van der Waals surface area (Å²) in [6, 6.07) is 0.537. The third kappa shape index (κ3) is 5.96. The van der Waals surface area contributed by atoms with Crippen LogP contribution in [0.2, 0.25) is 0 Å². The molecule has 1 aliphatic carbocycles. The van der Waals surface area contributed by atoms with E-state index in [2.05, 4.69) is 50.0 Å². The van der Waals surface area contributed by atoms with Gasteiger partial charge in [-0.05, 0) is 32.4 Å². The quantitative estimate of drug-likeness (QED) is 0.605. The number of thioether (sulfide) groups is 1. The molecule has 4 nitrogen and oxygen atoms in total. The van der Waals surface area contributed by atoms with Gasteiger partial charge in [0.05, 0.1) is 12.2 Å². The van der Waals surface area contributed by atoms with Gasteiger partial charge in [0.25, 0.3) is 0 Å². The largest absolute Gasteiger partial charge is 0.357 e. The van der Waals surface area contributed by atoms with E-state index in [1.165, 1.54) is 25.7 Å². The molecular formula is C18H32N4S2. The average Bonchev–Trinajstić information content (AvgIpc) is 3.02. The first-order valence-electron chi connectivity index (χ1n) is 8.95. The number of aromatic nitrogens is 1. The summed E-state index contributed by atoms with van der Waals surface area (Å²) in [5.41, 5.74) is 1.27. The Morgan fingerprint density at radius 1 is 1.42 bits per heavy atom. The Bertz CT molecular complexity index is 533. The van der Waals surface area contributed by atoms with Crippen LogP contribution in [0.3, 0.4) is 0 Å². The molecule has 0 amide bonds. The number of rotatable bonds is 5. The number of hydrogen-bond acceptors (Lipinski definition) is 4. The van der Waals surface area contributed by atoms with Crippen molar-refractivity contribution in [3.8, 4) is 0 Å². The fourth-order valence-corrected chi connectivity index (χ4v) is 4.65. The topological polar surface area (TPSA) is 49.3 Å². The highest BCUT2D eigenvalue weighted by Crippen LogP contribution is 2.27. The molecule has 136 valence electrons. The summed E-state index contributed by atoms with van der Waals surface area (Å²) >= 11 is 3.71. The lowest BCUT2D eigenvalue weighted by Gasteiger charge is -2.29. The predicted octanol–water partition coefficient (Wildman–Crippen LogP) is 4.17. The Balaban J connectivity index is 1.96. The van der Waals surface area contributed by atoms with E-state index < -0.39 is 0 Å². The van der Waals surface area contributed by atoms with E-state index in [0.29, 0.717) is 12.6 Å². The fraction of sp³-hybridized carbons (Fsp3) is 0.778. The second-order valence-corrected chi connectivity index (χ2v) is 9.52. The van der Waals surface area contributed by atoms with E-state index in [0.717, 1.165) is 28.5 Å². The number of guanidine groups is 1. The number of thiazole rings is 1. The first kappa shape index (κ1) is 19.6. The lowest BCUT2D eigenvalue weighted by molar-refractivity contribution is 0.419. The van der Waals surface area contributed by atoms with Gasteiger partial charge in [-0.2, -0.15) is 11.8 Å². The molecule has 2 atom stereocenters. The highest BCUT2D eigenvalue weighted by Gasteiger charge is 2.22. The van der Waals surface area contributed by atoms with Crippen molar-refractivity contribution in [2.45, 2.75) is 76.6 Å². The zero-order valence-corrected chi connectivity index (χ0v) is 17.3. The van der Waals surface area contributed by atoms with Gasteiger partial charge < -0.3 is 10.6 Å². The lowest BCUT2D eigenvalue weighted by Crippen LogP contribution is -2.45. The number of nitrogens with one attached hydrogen (secondary N) is 2. The SMILES string of the molecule is CCNC(=NCc1nc(C(C)(C)C)cs1)NC1CCCC(SC)C1. The van der Waals surface area contributed by atoms with Crippen LogP contribution in [0.25, 0.3) is 0 Å². The van der Waals surface area contributed by atoms with Crippen molar-refractivity contribution in [3.63, 3.8) is 0 Å². The van der Waals surface area contributed by atoms with Crippen LogP contribution in [0, 0.1) is 0 Å². The van der Waals surface area contributed by atoms with Gasteiger partial charge in [0.15, 0.2) is 5.96 Å². The molecule has 1 aromatic rings. The van der Waals surface area contributed by atoms with Crippen molar-refractivity contribution < 1.29 is 0 Å². The molecule has 6 heteroatoms. The van der Waals surface area contributed by atoms with E-state index in [1.807, 2.05) is 11.8 Å². The first-order valence-corrected chi connectivity index (χ1v) is 11.1. The summed E-state index contributed by atoms with van der Waals surface area (Å²) in [6.07, 6.45) is 7.36. The Labute approximate surface area is 155 Å². The van der Waals surface area contributed by atoms with Crippen LogP contribution in [-0.4, -0.2) is 35.0 Å². The lowest BCUT2D eigenvalue weighted by atomic mass is 9.93. The molecule has 0 aliphatic heterocycles. The Morgan fingerprint density at radius 3 is 2.83 bits per heavy atom. The van der Waals surface area contributed by atoms with Crippen molar-refractivity contribution >= 4 is 29.1 Å². The van der Waals surface area contributed by atoms with Crippen LogP contribution < -0.4 is 10.6 Å². The molecule has 1 fully saturated rings. The van der Waals surface area contributed by atoms with E-state index in [-0.39, 0.29) is 5.41 Å². The van der Waals surface area contributed by atoms with Crippen LogP contribution >= 0.6 is 23.1 Å². The Morgan fingerprint density at radius 2 is 2.21 bits per heavy atom. The van der Waals surface area contributed by atoms with Gasteiger partial charge in [0.2, 0.25) is 0 Å². The number of nitrogens with zero attached hydrogens (tertiary/aromatic N) is 2. The second kappa shape index (κ2) is 9.09. The Kier molecular flexibility index (Phi) is 7.41. The molecule has 0 spiro atoms. The van der Waals surface area contributed by atoms with Gasteiger partial charge in [0.1, 0.15) is 5.01 Å². The van der Waals surface area contributed by atoms with Crippen LogP contribution in [0.15, 0.2) is 10.4 Å². The average molecular weight is 369 g/mol. The van der Waals surface area contributed by atoms with E-state index in [1.54, 1.807) is 11.3 Å². The molecule has 2 N–H and O–H groups in total. The molecule has 0 aromatic carbocycles. The van der Waals surface area contributed by atoms with Crippen molar-refractivity contribution in [1.82, 2.24) is 15.6 Å². The number of aliphatic imine (C=N–C) groups is 1. The molecule has 2 unspecified atom stereocenters. The normalized spacial score (nSPS) is 22.5.